The summed E-state index contributed by atoms with van der Waals surface area (Å²) in [4.78, 5) is 21.1. The van der Waals surface area contributed by atoms with Crippen LogP contribution in [0.25, 0.3) is 0 Å². The van der Waals surface area contributed by atoms with Gasteiger partial charge < -0.3 is 0 Å². The number of hydrogen-bond acceptors (Lipinski definition) is 2. The standard InChI is InChI=1S/C6H5ClO2/c7-5-3-4(8)1-2-6(5)9/h3H,1-2H2. The molecule has 0 saturated carbocycles. The monoisotopic (exact) mass is 144 g/mol. The minimum atomic E-state index is -0.128. The predicted molar refractivity (Wildman–Crippen MR) is 33.2 cm³/mol. The molecule has 1 aliphatic carbocycles. The van der Waals surface area contributed by atoms with Gasteiger partial charge in [0.25, 0.3) is 0 Å². The van der Waals surface area contributed by atoms with Crippen LogP contribution in [-0.2, 0) is 9.59 Å². The zero-order chi connectivity index (χ0) is 6.85. The number of allylic oxidation sites excluding steroid dienone is 2. The molecule has 0 aromatic heterocycles. The van der Waals surface area contributed by atoms with Crippen molar-refractivity contribution in [1.82, 2.24) is 0 Å². The van der Waals surface area contributed by atoms with Gasteiger partial charge in [0.2, 0.25) is 0 Å². The second-order valence-corrected chi connectivity index (χ2v) is 2.29. The molecule has 3 heteroatoms. The van der Waals surface area contributed by atoms with E-state index in [-0.39, 0.29) is 23.0 Å². The molecule has 0 N–H and O–H groups in total. The Balaban J connectivity index is 2.84. The Kier molecular flexibility index (Phi) is 1.67. The summed E-state index contributed by atoms with van der Waals surface area (Å²) in [5.74, 6) is -0.184. The first kappa shape index (κ1) is 6.49. The van der Waals surface area contributed by atoms with Crippen LogP contribution in [0.1, 0.15) is 12.8 Å². The van der Waals surface area contributed by atoms with E-state index in [9.17, 15) is 9.59 Å². The quantitative estimate of drug-likeness (QED) is 0.509. The molecule has 0 radical (unpaired) electrons. The van der Waals surface area contributed by atoms with Gasteiger partial charge in [-0.1, -0.05) is 11.6 Å². The Morgan fingerprint density at radius 1 is 1.33 bits per heavy atom. The minimum Gasteiger partial charge on any atom is -0.295 e. The third kappa shape index (κ3) is 1.39. The highest BCUT2D eigenvalue weighted by molar-refractivity contribution is 6.44. The lowest BCUT2D eigenvalue weighted by Crippen LogP contribution is -2.09. The second kappa shape index (κ2) is 2.31. The third-order valence-electron chi connectivity index (χ3n) is 1.15. The first-order chi connectivity index (χ1) is 4.20. The molecule has 0 bridgehead atoms. The molecule has 0 aromatic carbocycles. The Labute approximate surface area is 57.5 Å². The van der Waals surface area contributed by atoms with Crippen LogP contribution in [0.4, 0.5) is 0 Å². The van der Waals surface area contributed by atoms with E-state index >= 15 is 0 Å². The fraction of sp³-hybridized carbons (Fsp3) is 0.333. The van der Waals surface area contributed by atoms with Crippen molar-refractivity contribution in [1.29, 1.82) is 0 Å². The van der Waals surface area contributed by atoms with Crippen LogP contribution >= 0.6 is 11.6 Å². The first-order valence-corrected chi connectivity index (χ1v) is 3.01. The van der Waals surface area contributed by atoms with Crippen LogP contribution in [-0.4, -0.2) is 11.6 Å². The van der Waals surface area contributed by atoms with E-state index in [2.05, 4.69) is 0 Å². The number of Topliss-reactive ketones (excluding diaryl/α,β-unsaturated/α-hetero) is 1. The summed E-state index contributed by atoms with van der Waals surface area (Å²) in [6, 6.07) is 0. The van der Waals surface area contributed by atoms with Crippen LogP contribution in [0.3, 0.4) is 0 Å². The van der Waals surface area contributed by atoms with E-state index in [1.807, 2.05) is 0 Å². The van der Waals surface area contributed by atoms with Crippen molar-refractivity contribution in [2.75, 3.05) is 0 Å². The third-order valence-corrected chi connectivity index (χ3v) is 1.47. The van der Waals surface area contributed by atoms with E-state index in [1.165, 1.54) is 6.08 Å². The molecule has 1 aliphatic rings. The minimum absolute atomic E-state index is 0.0559. The maximum absolute atomic E-state index is 10.6. The molecule has 0 amide bonds. The van der Waals surface area contributed by atoms with Crippen LogP contribution < -0.4 is 0 Å². The molecular weight excluding hydrogens is 140 g/mol. The Bertz CT molecular complexity index is 193. The van der Waals surface area contributed by atoms with E-state index in [0.717, 1.165) is 0 Å². The fourth-order valence-corrected chi connectivity index (χ4v) is 0.866. The Morgan fingerprint density at radius 3 is 2.44 bits per heavy atom. The SMILES string of the molecule is O=C1C=C(Cl)C(=O)CC1. The fourth-order valence-electron chi connectivity index (χ4n) is 0.650. The molecule has 2 nitrogen and oxygen atoms in total. The normalized spacial score (nSPS) is 19.9. The van der Waals surface area contributed by atoms with Gasteiger partial charge in [-0.3, -0.25) is 9.59 Å². The van der Waals surface area contributed by atoms with Gasteiger partial charge in [-0.2, -0.15) is 0 Å². The molecule has 0 heterocycles. The van der Waals surface area contributed by atoms with Crippen LogP contribution in [0.15, 0.2) is 11.1 Å². The highest BCUT2D eigenvalue weighted by Crippen LogP contribution is 2.13. The number of ketones is 2. The smallest absolute Gasteiger partial charge is 0.174 e. The van der Waals surface area contributed by atoms with Crippen molar-refractivity contribution in [2.24, 2.45) is 0 Å². The molecule has 0 atom stereocenters. The Hall–Kier alpha value is -0.630. The van der Waals surface area contributed by atoms with E-state index < -0.39 is 0 Å². The molecule has 0 unspecified atom stereocenters. The van der Waals surface area contributed by atoms with Gasteiger partial charge in [0, 0.05) is 18.9 Å². The molecular formula is C6H5ClO2. The molecule has 0 saturated heterocycles. The highest BCUT2D eigenvalue weighted by Gasteiger charge is 2.15. The lowest BCUT2D eigenvalue weighted by Gasteiger charge is -2.02. The summed E-state index contributed by atoms with van der Waals surface area (Å²) in [6.07, 6.45) is 1.77. The molecule has 0 aromatic rings. The predicted octanol–water partition coefficient (Wildman–Crippen LogP) is 1.04. The number of rotatable bonds is 0. The zero-order valence-electron chi connectivity index (χ0n) is 4.69. The average molecular weight is 145 g/mol. The van der Waals surface area contributed by atoms with Crippen LogP contribution in [0.2, 0.25) is 0 Å². The number of carbonyl (C=O) groups excluding carboxylic acids is 2. The largest absolute Gasteiger partial charge is 0.295 e. The summed E-state index contributed by atoms with van der Waals surface area (Å²) < 4.78 is 0. The lowest BCUT2D eigenvalue weighted by atomic mass is 10.1. The number of hydrogen-bond donors (Lipinski definition) is 0. The number of halogens is 1. The summed E-state index contributed by atoms with van der Waals surface area (Å²) in [5.41, 5.74) is 0. The van der Waals surface area contributed by atoms with Gasteiger partial charge >= 0.3 is 0 Å². The lowest BCUT2D eigenvalue weighted by molar-refractivity contribution is -0.121. The van der Waals surface area contributed by atoms with Gasteiger partial charge in [-0.25, -0.2) is 0 Å². The summed E-state index contributed by atoms with van der Waals surface area (Å²) in [5, 5.41) is 0.0752. The maximum atomic E-state index is 10.6. The molecule has 9 heavy (non-hydrogen) atoms. The Morgan fingerprint density at radius 2 is 2.00 bits per heavy atom. The summed E-state index contributed by atoms with van der Waals surface area (Å²) in [6.45, 7) is 0. The number of carbonyl (C=O) groups is 2. The van der Waals surface area contributed by atoms with E-state index in [4.69, 9.17) is 11.6 Å². The van der Waals surface area contributed by atoms with Crippen LogP contribution in [0.5, 0.6) is 0 Å². The summed E-state index contributed by atoms with van der Waals surface area (Å²) in [7, 11) is 0. The van der Waals surface area contributed by atoms with Crippen molar-refractivity contribution in [3.63, 3.8) is 0 Å². The molecule has 48 valence electrons. The zero-order valence-corrected chi connectivity index (χ0v) is 5.44. The van der Waals surface area contributed by atoms with Crippen molar-refractivity contribution in [2.45, 2.75) is 12.8 Å². The van der Waals surface area contributed by atoms with E-state index in [0.29, 0.717) is 6.42 Å². The molecule has 0 aliphatic heterocycles. The van der Waals surface area contributed by atoms with Gasteiger partial charge in [0.05, 0.1) is 5.03 Å². The highest BCUT2D eigenvalue weighted by atomic mass is 35.5. The molecule has 1 rings (SSSR count). The van der Waals surface area contributed by atoms with Crippen molar-refractivity contribution in [3.8, 4) is 0 Å². The van der Waals surface area contributed by atoms with Gasteiger partial charge in [0.1, 0.15) is 0 Å². The summed E-state index contributed by atoms with van der Waals surface area (Å²) >= 11 is 5.35. The van der Waals surface area contributed by atoms with Gasteiger partial charge in [-0.05, 0) is 0 Å². The first-order valence-electron chi connectivity index (χ1n) is 2.63. The molecule has 0 spiro atoms. The topological polar surface area (TPSA) is 34.1 Å². The second-order valence-electron chi connectivity index (χ2n) is 1.88. The van der Waals surface area contributed by atoms with Crippen molar-refractivity contribution < 1.29 is 9.59 Å². The molecule has 0 fully saturated rings. The maximum Gasteiger partial charge on any atom is 0.174 e. The van der Waals surface area contributed by atoms with Gasteiger partial charge in [0.15, 0.2) is 11.6 Å². The van der Waals surface area contributed by atoms with Gasteiger partial charge in [-0.15, -0.1) is 0 Å². The van der Waals surface area contributed by atoms with E-state index in [1.54, 1.807) is 0 Å². The van der Waals surface area contributed by atoms with Crippen molar-refractivity contribution >= 4 is 23.2 Å². The average Bonchev–Trinajstić information content (AvgIpc) is 1.80. The van der Waals surface area contributed by atoms with Crippen LogP contribution in [0, 0.1) is 0 Å². The van der Waals surface area contributed by atoms with Crippen molar-refractivity contribution in [3.05, 3.63) is 11.1 Å².